The summed E-state index contributed by atoms with van der Waals surface area (Å²) in [5.41, 5.74) is 1.44. The maximum Gasteiger partial charge on any atom is 0.254 e. The van der Waals surface area contributed by atoms with Crippen molar-refractivity contribution in [2.75, 3.05) is 31.1 Å². The number of hydrogen-bond donors (Lipinski definition) is 0. The van der Waals surface area contributed by atoms with Gasteiger partial charge in [0.1, 0.15) is 17.9 Å². The van der Waals surface area contributed by atoms with E-state index in [1.165, 1.54) is 30.7 Å². The van der Waals surface area contributed by atoms with E-state index in [1.54, 1.807) is 39.9 Å². The lowest BCUT2D eigenvalue weighted by Gasteiger charge is -2.35. The molecular formula is C24H22FN7O2. The first-order valence-electron chi connectivity index (χ1n) is 10.8. The Morgan fingerprint density at radius 1 is 1.15 bits per heavy atom. The highest BCUT2D eigenvalue weighted by molar-refractivity contribution is 5.92. The maximum atomic E-state index is 14.4. The lowest BCUT2D eigenvalue weighted by Crippen LogP contribution is -2.48. The minimum absolute atomic E-state index is 0.0976. The summed E-state index contributed by atoms with van der Waals surface area (Å²) in [4.78, 5) is 29.1. The first-order chi connectivity index (χ1) is 16.6. The molecule has 0 aliphatic carbocycles. The van der Waals surface area contributed by atoms with E-state index < -0.39 is 5.82 Å². The molecule has 0 spiro atoms. The SMILES string of the molecule is Cc1cc(N2CCN(C(=O)/C=C/c3ccc(Oc4cccnc4)c(F)c3)CC2)n2ncnc2n1. The van der Waals surface area contributed by atoms with E-state index in [4.69, 9.17) is 4.74 Å². The second-order valence-corrected chi connectivity index (χ2v) is 7.85. The molecule has 9 nitrogen and oxygen atoms in total. The zero-order valence-electron chi connectivity index (χ0n) is 18.5. The summed E-state index contributed by atoms with van der Waals surface area (Å²) >= 11 is 0. The van der Waals surface area contributed by atoms with Crippen molar-refractivity contribution in [3.63, 3.8) is 0 Å². The number of nitrogens with zero attached hydrogens (tertiary/aromatic N) is 7. The number of aryl methyl sites for hydroxylation is 1. The Kier molecular flexibility index (Phi) is 5.86. The van der Waals surface area contributed by atoms with Crippen molar-refractivity contribution >= 4 is 23.6 Å². The van der Waals surface area contributed by atoms with Crippen molar-refractivity contribution in [1.29, 1.82) is 0 Å². The maximum absolute atomic E-state index is 14.4. The number of carbonyl (C=O) groups is 1. The molecule has 3 aromatic heterocycles. The van der Waals surface area contributed by atoms with Gasteiger partial charge in [0.15, 0.2) is 11.6 Å². The highest BCUT2D eigenvalue weighted by Crippen LogP contribution is 2.25. The minimum Gasteiger partial charge on any atom is -0.453 e. The zero-order chi connectivity index (χ0) is 23.5. The number of carbonyl (C=O) groups excluding carboxylic acids is 1. The van der Waals surface area contributed by atoms with Crippen LogP contribution < -0.4 is 9.64 Å². The smallest absolute Gasteiger partial charge is 0.254 e. The van der Waals surface area contributed by atoms with Gasteiger partial charge in [0, 0.05) is 50.2 Å². The normalized spacial score (nSPS) is 14.2. The van der Waals surface area contributed by atoms with Crippen LogP contribution in [0.4, 0.5) is 10.2 Å². The van der Waals surface area contributed by atoms with Gasteiger partial charge in [0.2, 0.25) is 5.91 Å². The predicted molar refractivity (Wildman–Crippen MR) is 124 cm³/mol. The summed E-state index contributed by atoms with van der Waals surface area (Å²) in [6.07, 6.45) is 7.69. The molecule has 0 unspecified atom stereocenters. The third-order valence-corrected chi connectivity index (χ3v) is 5.51. The van der Waals surface area contributed by atoms with Gasteiger partial charge in [-0.15, -0.1) is 0 Å². The van der Waals surface area contributed by atoms with Crippen molar-refractivity contribution in [3.8, 4) is 11.5 Å². The molecule has 0 bridgehead atoms. The Bertz CT molecular complexity index is 1350. The largest absolute Gasteiger partial charge is 0.453 e. The van der Waals surface area contributed by atoms with E-state index in [-0.39, 0.29) is 11.7 Å². The molecule has 1 aliphatic heterocycles. The topological polar surface area (TPSA) is 88.8 Å². The second-order valence-electron chi connectivity index (χ2n) is 7.85. The van der Waals surface area contributed by atoms with E-state index in [0.717, 1.165) is 11.5 Å². The molecule has 1 aromatic carbocycles. The number of hydrogen-bond acceptors (Lipinski definition) is 7. The fourth-order valence-electron chi connectivity index (χ4n) is 3.80. The van der Waals surface area contributed by atoms with Crippen molar-refractivity contribution < 1.29 is 13.9 Å². The van der Waals surface area contributed by atoms with Crippen LogP contribution in [0.5, 0.6) is 11.5 Å². The molecule has 5 rings (SSSR count). The molecule has 1 aliphatic rings. The number of pyridine rings is 1. The Balaban J connectivity index is 1.20. The van der Waals surface area contributed by atoms with Crippen molar-refractivity contribution in [2.24, 2.45) is 0 Å². The number of aromatic nitrogens is 5. The molecule has 4 heterocycles. The van der Waals surface area contributed by atoms with Crippen LogP contribution in [0.1, 0.15) is 11.3 Å². The molecule has 0 saturated carbocycles. The molecule has 0 radical (unpaired) electrons. The Morgan fingerprint density at radius 2 is 2.00 bits per heavy atom. The fourth-order valence-corrected chi connectivity index (χ4v) is 3.80. The van der Waals surface area contributed by atoms with Gasteiger partial charge in [-0.1, -0.05) is 6.07 Å². The molecule has 4 aromatic rings. The van der Waals surface area contributed by atoms with Crippen LogP contribution >= 0.6 is 0 Å². The van der Waals surface area contributed by atoms with Gasteiger partial charge >= 0.3 is 0 Å². The molecule has 1 amide bonds. The third-order valence-electron chi connectivity index (χ3n) is 5.51. The van der Waals surface area contributed by atoms with Crippen molar-refractivity contribution in [3.05, 3.63) is 78.3 Å². The van der Waals surface area contributed by atoms with Gasteiger partial charge in [-0.3, -0.25) is 9.78 Å². The zero-order valence-corrected chi connectivity index (χ0v) is 18.5. The molecular weight excluding hydrogens is 437 g/mol. The molecule has 1 fully saturated rings. The number of piperazine rings is 1. The first kappa shape index (κ1) is 21.5. The molecule has 0 N–H and O–H groups in total. The van der Waals surface area contributed by atoms with Crippen LogP contribution in [-0.2, 0) is 4.79 Å². The van der Waals surface area contributed by atoms with E-state index in [1.807, 2.05) is 13.0 Å². The number of ether oxygens (including phenoxy) is 1. The summed E-state index contributed by atoms with van der Waals surface area (Å²) in [5, 5.41) is 4.26. The van der Waals surface area contributed by atoms with Crippen LogP contribution in [0.15, 0.2) is 61.2 Å². The fraction of sp³-hybridized carbons (Fsp3) is 0.208. The van der Waals surface area contributed by atoms with Crippen LogP contribution in [0.3, 0.4) is 0 Å². The van der Waals surface area contributed by atoms with Gasteiger partial charge in [-0.05, 0) is 42.8 Å². The highest BCUT2D eigenvalue weighted by Gasteiger charge is 2.22. The summed E-state index contributed by atoms with van der Waals surface area (Å²) < 4.78 is 21.7. The Morgan fingerprint density at radius 3 is 2.76 bits per heavy atom. The Hall–Kier alpha value is -4.34. The van der Waals surface area contributed by atoms with Gasteiger partial charge in [-0.25, -0.2) is 9.37 Å². The predicted octanol–water partition coefficient (Wildman–Crippen LogP) is 3.12. The number of benzene rings is 1. The lowest BCUT2D eigenvalue weighted by atomic mass is 10.2. The monoisotopic (exact) mass is 459 g/mol. The number of amides is 1. The van der Waals surface area contributed by atoms with E-state index in [9.17, 15) is 9.18 Å². The molecule has 34 heavy (non-hydrogen) atoms. The quantitative estimate of drug-likeness (QED) is 0.424. The molecule has 10 heteroatoms. The van der Waals surface area contributed by atoms with Crippen LogP contribution in [-0.4, -0.2) is 61.6 Å². The number of halogens is 1. The molecule has 172 valence electrons. The second kappa shape index (κ2) is 9.26. The Labute approximate surface area is 195 Å². The summed E-state index contributed by atoms with van der Waals surface area (Å²) in [7, 11) is 0. The third kappa shape index (κ3) is 4.56. The average molecular weight is 459 g/mol. The van der Waals surface area contributed by atoms with E-state index >= 15 is 0 Å². The molecule has 0 atom stereocenters. The summed E-state index contributed by atoms with van der Waals surface area (Å²) in [5.74, 6) is 1.38. The highest BCUT2D eigenvalue weighted by atomic mass is 19.1. The lowest BCUT2D eigenvalue weighted by molar-refractivity contribution is -0.126. The van der Waals surface area contributed by atoms with Crippen LogP contribution in [0.25, 0.3) is 11.9 Å². The van der Waals surface area contributed by atoms with Gasteiger partial charge in [-0.2, -0.15) is 14.6 Å². The van der Waals surface area contributed by atoms with Gasteiger partial charge in [0.05, 0.1) is 6.20 Å². The van der Waals surface area contributed by atoms with Crippen LogP contribution in [0.2, 0.25) is 0 Å². The number of anilines is 1. The van der Waals surface area contributed by atoms with Gasteiger partial charge in [0.25, 0.3) is 5.78 Å². The van der Waals surface area contributed by atoms with E-state index in [2.05, 4.69) is 25.0 Å². The number of rotatable bonds is 5. The average Bonchev–Trinajstić information content (AvgIpc) is 3.33. The first-order valence-corrected chi connectivity index (χ1v) is 10.8. The molecule has 1 saturated heterocycles. The number of fused-ring (bicyclic) bond motifs is 1. The van der Waals surface area contributed by atoms with Gasteiger partial charge < -0.3 is 14.5 Å². The minimum atomic E-state index is -0.515. The standard InChI is InChI=1S/C24H22FN7O2/c1-17-13-22(32-24(29-17)27-16-28-32)30-9-11-31(12-10-30)23(33)7-5-18-4-6-21(20(25)14-18)34-19-3-2-8-26-15-19/h2-8,13-16H,9-12H2,1H3/b7-5+. The van der Waals surface area contributed by atoms with Crippen LogP contribution in [0, 0.1) is 12.7 Å². The summed E-state index contributed by atoms with van der Waals surface area (Å²) in [6, 6.07) is 9.95. The summed E-state index contributed by atoms with van der Waals surface area (Å²) in [6.45, 7) is 4.36. The van der Waals surface area contributed by atoms with Crippen molar-refractivity contribution in [1.82, 2.24) is 29.5 Å². The van der Waals surface area contributed by atoms with Crippen molar-refractivity contribution in [2.45, 2.75) is 6.92 Å². The van der Waals surface area contributed by atoms with E-state index in [0.29, 0.717) is 43.3 Å².